The number of benzene rings is 4. The Kier molecular flexibility index (Phi) is 11.4. The van der Waals surface area contributed by atoms with Crippen LogP contribution in [0, 0.1) is 0 Å². The fraction of sp³-hybridized carbons (Fsp3) is 0.300. The lowest BCUT2D eigenvalue weighted by Crippen LogP contribution is -2.32. The number of aromatic nitrogens is 4. The summed E-state index contributed by atoms with van der Waals surface area (Å²) in [7, 11) is -6.09. The van der Waals surface area contributed by atoms with Gasteiger partial charge in [0.2, 0.25) is 0 Å². The Hall–Kier alpha value is -5.02. The second-order valence-electron chi connectivity index (χ2n) is 14.6. The van der Waals surface area contributed by atoms with E-state index in [1.807, 2.05) is 53.7 Å². The van der Waals surface area contributed by atoms with E-state index in [2.05, 4.69) is 18.9 Å². The van der Waals surface area contributed by atoms with Gasteiger partial charge in [0.15, 0.2) is 11.6 Å². The van der Waals surface area contributed by atoms with Gasteiger partial charge >= 0.3 is 0 Å². The van der Waals surface area contributed by atoms with Crippen LogP contribution in [0.2, 0.25) is 0 Å². The van der Waals surface area contributed by atoms with E-state index in [1.165, 1.54) is 13.8 Å². The standard InChI is InChI=1S/2C20H23N3O3S/c2*1-14(24)18-21-17-13-9-8-12-16(17)19(25)23(18)22-27(26,20(2,3)4)15-10-6-5-7-11-15/h2*5-14,24H,1-4H3/t2*14-,27-/m00/s1. The lowest BCUT2D eigenvalue weighted by Gasteiger charge is -2.25. The van der Waals surface area contributed by atoms with Gasteiger partial charge in [-0.15, -0.1) is 8.94 Å². The molecule has 0 aliphatic heterocycles. The third-order valence-corrected chi connectivity index (χ3v) is 14.4. The molecule has 0 fully saturated rings. The molecule has 6 rings (SSSR count). The number of hydrogen-bond acceptors (Lipinski definition) is 10. The van der Waals surface area contributed by atoms with Crippen molar-refractivity contribution < 1.29 is 18.6 Å². The van der Waals surface area contributed by atoms with Gasteiger partial charge < -0.3 is 10.2 Å². The molecule has 2 heterocycles. The van der Waals surface area contributed by atoms with Crippen LogP contribution in [0.4, 0.5) is 0 Å². The predicted molar refractivity (Wildman–Crippen MR) is 214 cm³/mol. The second-order valence-corrected chi connectivity index (χ2v) is 20.4. The van der Waals surface area contributed by atoms with Crippen molar-refractivity contribution in [3.8, 4) is 0 Å². The Morgan fingerprint density at radius 1 is 0.537 bits per heavy atom. The van der Waals surface area contributed by atoms with Crippen molar-refractivity contribution in [2.24, 2.45) is 8.94 Å². The molecular formula is C40H46N6O6S2. The minimum Gasteiger partial charge on any atom is -0.385 e. The molecule has 6 aromatic rings. The zero-order valence-corrected chi connectivity index (χ0v) is 33.2. The van der Waals surface area contributed by atoms with E-state index in [-0.39, 0.29) is 11.6 Å². The fourth-order valence-electron chi connectivity index (χ4n) is 5.47. The van der Waals surface area contributed by atoms with E-state index >= 15 is 0 Å². The van der Waals surface area contributed by atoms with Gasteiger partial charge in [-0.05, 0) is 104 Å². The maximum absolute atomic E-state index is 14.0. The summed E-state index contributed by atoms with van der Waals surface area (Å²) in [5, 5.41) is 21.1. The molecule has 54 heavy (non-hydrogen) atoms. The molecule has 14 heteroatoms. The zero-order valence-electron chi connectivity index (χ0n) is 31.6. The first-order valence-corrected chi connectivity index (χ1v) is 20.4. The smallest absolute Gasteiger partial charge is 0.282 e. The van der Waals surface area contributed by atoms with E-state index < -0.39 is 52.3 Å². The van der Waals surface area contributed by atoms with Crippen molar-refractivity contribution in [3.63, 3.8) is 0 Å². The molecule has 4 atom stereocenters. The summed E-state index contributed by atoms with van der Waals surface area (Å²) in [6.45, 7) is 13.9. The highest BCUT2D eigenvalue weighted by Crippen LogP contribution is 2.30. The van der Waals surface area contributed by atoms with Crippen LogP contribution in [0.5, 0.6) is 0 Å². The number of aliphatic hydroxyl groups is 2. The number of aliphatic hydroxyl groups excluding tert-OH is 2. The van der Waals surface area contributed by atoms with Crippen LogP contribution in [0.25, 0.3) is 21.8 Å². The van der Waals surface area contributed by atoms with Crippen LogP contribution in [-0.4, -0.2) is 47.4 Å². The Bertz CT molecular complexity index is 2490. The number of hydrogen-bond donors (Lipinski definition) is 2. The maximum atomic E-state index is 14.0. The van der Waals surface area contributed by atoms with Gasteiger partial charge in [0.1, 0.15) is 31.7 Å². The molecule has 284 valence electrons. The lowest BCUT2D eigenvalue weighted by molar-refractivity contribution is 0.183. The van der Waals surface area contributed by atoms with Gasteiger partial charge in [-0.25, -0.2) is 18.4 Å². The first-order chi connectivity index (χ1) is 25.3. The maximum Gasteiger partial charge on any atom is 0.282 e. The van der Waals surface area contributed by atoms with E-state index in [0.717, 1.165) is 9.35 Å². The van der Waals surface area contributed by atoms with Crippen molar-refractivity contribution in [1.82, 2.24) is 19.3 Å². The highest BCUT2D eigenvalue weighted by Gasteiger charge is 2.32. The SMILES string of the molecule is C[C@H](O)c1nc2ccccc2c(=O)n1N=[S@](=O)(c1ccccc1)C(C)(C)C.C[C@H](O)c1nc2ccccc2c(=O)n1N=[S@](=O)(c1ccccc1)C(C)(C)C. The van der Waals surface area contributed by atoms with E-state index in [1.54, 1.807) is 97.1 Å². The molecule has 12 nitrogen and oxygen atoms in total. The molecule has 0 saturated heterocycles. The Morgan fingerprint density at radius 2 is 0.833 bits per heavy atom. The largest absolute Gasteiger partial charge is 0.385 e. The van der Waals surface area contributed by atoms with Crippen molar-refractivity contribution in [2.45, 2.75) is 86.9 Å². The first kappa shape index (κ1) is 40.2. The zero-order chi connectivity index (χ0) is 39.6. The Balaban J connectivity index is 0.000000208. The van der Waals surface area contributed by atoms with Crippen LogP contribution >= 0.6 is 0 Å². The molecule has 2 aromatic heterocycles. The molecule has 4 aromatic carbocycles. The summed E-state index contributed by atoms with van der Waals surface area (Å²) >= 11 is 0. The topological polar surface area (TPSA) is 169 Å². The quantitative estimate of drug-likeness (QED) is 0.181. The number of nitrogens with zero attached hydrogens (tertiary/aromatic N) is 6. The summed E-state index contributed by atoms with van der Waals surface area (Å²) in [6.07, 6.45) is -2.10. The highest BCUT2D eigenvalue weighted by atomic mass is 32.2. The molecule has 0 radical (unpaired) electrons. The van der Waals surface area contributed by atoms with E-state index in [0.29, 0.717) is 31.6 Å². The summed E-state index contributed by atoms with van der Waals surface area (Å²) in [4.78, 5) is 36.0. The summed E-state index contributed by atoms with van der Waals surface area (Å²) in [5.41, 5.74) is 0.0208. The summed E-state index contributed by atoms with van der Waals surface area (Å²) in [6, 6.07) is 31.4. The molecule has 0 bridgehead atoms. The molecule has 0 spiro atoms. The van der Waals surface area contributed by atoms with Crippen LogP contribution in [-0.2, 0) is 19.5 Å². The van der Waals surface area contributed by atoms with Crippen LogP contribution in [0.3, 0.4) is 0 Å². The number of fused-ring (bicyclic) bond motifs is 2. The average Bonchev–Trinajstić information content (AvgIpc) is 3.13. The van der Waals surface area contributed by atoms with Gasteiger partial charge in [0.25, 0.3) is 11.1 Å². The van der Waals surface area contributed by atoms with Crippen LogP contribution < -0.4 is 11.1 Å². The van der Waals surface area contributed by atoms with Crippen LogP contribution in [0.1, 0.15) is 79.2 Å². The number of rotatable bonds is 6. The molecule has 0 aliphatic rings. The minimum absolute atomic E-state index is 0.0617. The summed E-state index contributed by atoms with van der Waals surface area (Å²) in [5.74, 6) is 0.123. The van der Waals surface area contributed by atoms with Crippen molar-refractivity contribution in [2.75, 3.05) is 0 Å². The second kappa shape index (κ2) is 15.4. The van der Waals surface area contributed by atoms with Gasteiger partial charge in [0.05, 0.1) is 31.3 Å². The fourth-order valence-corrected chi connectivity index (χ4v) is 9.39. The Morgan fingerprint density at radius 3 is 1.13 bits per heavy atom. The average molecular weight is 771 g/mol. The normalized spacial score (nSPS) is 15.3. The van der Waals surface area contributed by atoms with Gasteiger partial charge in [-0.3, -0.25) is 9.59 Å². The molecule has 0 amide bonds. The molecule has 2 N–H and O–H groups in total. The lowest BCUT2D eigenvalue weighted by atomic mass is 10.2. The Labute approximate surface area is 315 Å². The molecule has 0 saturated carbocycles. The molecule has 0 unspecified atom stereocenters. The van der Waals surface area contributed by atoms with E-state index in [4.69, 9.17) is 0 Å². The third kappa shape index (κ3) is 7.78. The first-order valence-electron chi connectivity index (χ1n) is 17.3. The highest BCUT2D eigenvalue weighted by molar-refractivity contribution is 7.95. The summed E-state index contributed by atoms with van der Waals surface area (Å²) < 4.78 is 37.3. The van der Waals surface area contributed by atoms with Crippen molar-refractivity contribution >= 4 is 41.3 Å². The third-order valence-electron chi connectivity index (χ3n) is 8.48. The van der Waals surface area contributed by atoms with Crippen LogP contribution in [0.15, 0.2) is 138 Å². The monoisotopic (exact) mass is 770 g/mol. The number of para-hydroxylation sites is 2. The van der Waals surface area contributed by atoms with Gasteiger partial charge in [-0.1, -0.05) is 60.7 Å². The molecule has 0 aliphatic carbocycles. The predicted octanol–water partition coefficient (Wildman–Crippen LogP) is 7.08. The van der Waals surface area contributed by atoms with Crippen molar-refractivity contribution in [3.05, 3.63) is 142 Å². The molecular weight excluding hydrogens is 725 g/mol. The van der Waals surface area contributed by atoms with Gasteiger partial charge in [-0.2, -0.15) is 9.35 Å². The van der Waals surface area contributed by atoms with E-state index in [9.17, 15) is 28.2 Å². The van der Waals surface area contributed by atoms with Gasteiger partial charge in [0, 0.05) is 9.79 Å². The van der Waals surface area contributed by atoms with Crippen molar-refractivity contribution in [1.29, 1.82) is 0 Å². The minimum atomic E-state index is -3.05.